The molecule has 5 nitrogen and oxygen atoms in total. The zero-order valence-electron chi connectivity index (χ0n) is 13.5. The van der Waals surface area contributed by atoms with Crippen LogP contribution in [0.1, 0.15) is 41.8 Å². The standard InChI is InChI=1S/C18H17FN2O3S/c19-13-5-4-6-14-12(13)9-15(25-14)17(23)24-10-16(22)21-18(11-20)7-2-1-3-8-18/h4-6,9H,1-3,7-8,10H2,(H,21,22). The summed E-state index contributed by atoms with van der Waals surface area (Å²) in [5.41, 5.74) is -0.859. The Morgan fingerprint density at radius 3 is 2.76 bits per heavy atom. The molecule has 130 valence electrons. The van der Waals surface area contributed by atoms with Crippen molar-refractivity contribution in [3.8, 4) is 6.07 Å². The van der Waals surface area contributed by atoms with Gasteiger partial charge in [-0.15, -0.1) is 11.3 Å². The van der Waals surface area contributed by atoms with Gasteiger partial charge in [-0.1, -0.05) is 25.3 Å². The highest BCUT2D eigenvalue weighted by Gasteiger charge is 2.33. The molecule has 0 aliphatic heterocycles. The number of carbonyl (C=O) groups is 2. The SMILES string of the molecule is N#CC1(NC(=O)COC(=O)c2cc3c(F)cccc3s2)CCCCC1. The third-order valence-electron chi connectivity index (χ3n) is 4.34. The molecule has 1 heterocycles. The van der Waals surface area contributed by atoms with Crippen LogP contribution < -0.4 is 5.32 Å². The molecule has 1 N–H and O–H groups in total. The summed E-state index contributed by atoms with van der Waals surface area (Å²) in [4.78, 5) is 24.4. The van der Waals surface area contributed by atoms with E-state index in [-0.39, 0.29) is 4.88 Å². The van der Waals surface area contributed by atoms with E-state index in [1.807, 2.05) is 0 Å². The van der Waals surface area contributed by atoms with Crippen LogP contribution in [-0.4, -0.2) is 24.0 Å². The Balaban J connectivity index is 1.60. The van der Waals surface area contributed by atoms with Crippen molar-refractivity contribution in [1.29, 1.82) is 5.26 Å². The van der Waals surface area contributed by atoms with Crippen LogP contribution in [0.3, 0.4) is 0 Å². The molecule has 1 amide bonds. The van der Waals surface area contributed by atoms with E-state index in [9.17, 15) is 19.2 Å². The van der Waals surface area contributed by atoms with Gasteiger partial charge in [0.05, 0.1) is 6.07 Å². The van der Waals surface area contributed by atoms with Crippen molar-refractivity contribution in [2.75, 3.05) is 6.61 Å². The fourth-order valence-electron chi connectivity index (χ4n) is 3.05. The summed E-state index contributed by atoms with van der Waals surface area (Å²) in [5.74, 6) is -1.58. The summed E-state index contributed by atoms with van der Waals surface area (Å²) in [6.45, 7) is -0.459. The first kappa shape index (κ1) is 17.4. The number of benzene rings is 1. The van der Waals surface area contributed by atoms with Crippen molar-refractivity contribution in [3.05, 3.63) is 35.0 Å². The molecule has 1 saturated carbocycles. The van der Waals surface area contributed by atoms with Gasteiger partial charge in [0.15, 0.2) is 6.61 Å². The van der Waals surface area contributed by atoms with Gasteiger partial charge in [-0.05, 0) is 31.0 Å². The maximum absolute atomic E-state index is 13.7. The lowest BCUT2D eigenvalue weighted by Gasteiger charge is -2.31. The van der Waals surface area contributed by atoms with Crippen LogP contribution in [0.4, 0.5) is 4.39 Å². The van der Waals surface area contributed by atoms with Crippen LogP contribution >= 0.6 is 11.3 Å². The molecule has 0 atom stereocenters. The van der Waals surface area contributed by atoms with Crippen LogP contribution in [0.5, 0.6) is 0 Å². The number of halogens is 1. The Bertz CT molecular complexity index is 850. The number of nitriles is 1. The molecule has 0 saturated heterocycles. The maximum atomic E-state index is 13.7. The van der Waals surface area contributed by atoms with Crippen molar-refractivity contribution in [2.24, 2.45) is 0 Å². The molecule has 0 bridgehead atoms. The number of esters is 1. The summed E-state index contributed by atoms with van der Waals surface area (Å²) in [5, 5.41) is 12.4. The van der Waals surface area contributed by atoms with Gasteiger partial charge in [0.1, 0.15) is 16.2 Å². The predicted octanol–water partition coefficient (Wildman–Crippen LogP) is 3.54. The zero-order valence-corrected chi connectivity index (χ0v) is 14.3. The Kier molecular flexibility index (Phi) is 5.00. The molecular weight excluding hydrogens is 343 g/mol. The average molecular weight is 360 g/mol. The first-order chi connectivity index (χ1) is 12.0. The first-order valence-electron chi connectivity index (χ1n) is 8.10. The molecule has 3 rings (SSSR count). The first-order valence-corrected chi connectivity index (χ1v) is 8.92. The zero-order chi connectivity index (χ0) is 17.9. The van der Waals surface area contributed by atoms with Gasteiger partial charge in [0.2, 0.25) is 0 Å². The second-order valence-corrected chi connectivity index (χ2v) is 7.22. The van der Waals surface area contributed by atoms with E-state index in [1.165, 1.54) is 12.1 Å². The fourth-order valence-corrected chi connectivity index (χ4v) is 4.02. The normalized spacial score (nSPS) is 16.2. The Morgan fingerprint density at radius 2 is 2.08 bits per heavy atom. The molecule has 0 spiro atoms. The van der Waals surface area contributed by atoms with E-state index in [4.69, 9.17) is 4.74 Å². The highest BCUT2D eigenvalue weighted by atomic mass is 32.1. The number of rotatable bonds is 4. The molecule has 1 aliphatic carbocycles. The molecule has 1 aliphatic rings. The van der Waals surface area contributed by atoms with Gasteiger partial charge in [-0.3, -0.25) is 4.79 Å². The van der Waals surface area contributed by atoms with Gasteiger partial charge in [-0.25, -0.2) is 9.18 Å². The van der Waals surface area contributed by atoms with E-state index in [1.54, 1.807) is 12.1 Å². The molecule has 0 unspecified atom stereocenters. The number of carbonyl (C=O) groups excluding carboxylic acids is 2. The summed E-state index contributed by atoms with van der Waals surface area (Å²) in [6.07, 6.45) is 4.05. The van der Waals surface area contributed by atoms with Gasteiger partial charge in [-0.2, -0.15) is 5.26 Å². The number of nitrogens with one attached hydrogen (secondary N) is 1. The monoisotopic (exact) mass is 360 g/mol. The van der Waals surface area contributed by atoms with E-state index in [0.29, 0.717) is 22.9 Å². The number of amides is 1. The smallest absolute Gasteiger partial charge is 0.348 e. The number of fused-ring (bicyclic) bond motifs is 1. The number of hydrogen-bond acceptors (Lipinski definition) is 5. The lowest BCUT2D eigenvalue weighted by molar-refractivity contribution is -0.125. The predicted molar refractivity (Wildman–Crippen MR) is 91.6 cm³/mol. The minimum atomic E-state index is -0.859. The summed E-state index contributed by atoms with van der Waals surface area (Å²) in [7, 11) is 0. The second-order valence-electron chi connectivity index (χ2n) is 6.14. The van der Waals surface area contributed by atoms with Gasteiger partial charge in [0, 0.05) is 10.1 Å². The minimum Gasteiger partial charge on any atom is -0.451 e. The van der Waals surface area contributed by atoms with Crippen LogP contribution in [0.15, 0.2) is 24.3 Å². The van der Waals surface area contributed by atoms with Crippen molar-refractivity contribution in [3.63, 3.8) is 0 Å². The Labute approximate surface area is 148 Å². The minimum absolute atomic E-state index is 0.237. The quantitative estimate of drug-likeness (QED) is 0.846. The Hall–Kier alpha value is -2.46. The number of nitrogens with zero attached hydrogens (tertiary/aromatic N) is 1. The van der Waals surface area contributed by atoms with Crippen LogP contribution in [0.2, 0.25) is 0 Å². The van der Waals surface area contributed by atoms with Crippen LogP contribution in [0, 0.1) is 17.1 Å². The largest absolute Gasteiger partial charge is 0.451 e. The molecule has 0 radical (unpaired) electrons. The van der Waals surface area contributed by atoms with Crippen LogP contribution in [-0.2, 0) is 9.53 Å². The second kappa shape index (κ2) is 7.19. The molecule has 2 aromatic rings. The molecule has 1 aromatic carbocycles. The summed E-state index contributed by atoms with van der Waals surface area (Å²) >= 11 is 1.11. The lowest BCUT2D eigenvalue weighted by atomic mass is 9.83. The van der Waals surface area contributed by atoms with Crippen molar-refractivity contribution in [2.45, 2.75) is 37.6 Å². The highest BCUT2D eigenvalue weighted by Crippen LogP contribution is 2.29. The Morgan fingerprint density at radius 1 is 1.32 bits per heavy atom. The van der Waals surface area contributed by atoms with Crippen molar-refractivity contribution >= 4 is 33.3 Å². The summed E-state index contributed by atoms with van der Waals surface area (Å²) < 4.78 is 19.3. The van der Waals surface area contributed by atoms with E-state index < -0.39 is 29.8 Å². The molecule has 25 heavy (non-hydrogen) atoms. The number of thiophene rings is 1. The topological polar surface area (TPSA) is 79.2 Å². The van der Waals surface area contributed by atoms with E-state index >= 15 is 0 Å². The van der Waals surface area contributed by atoms with Crippen molar-refractivity contribution in [1.82, 2.24) is 5.32 Å². The third kappa shape index (κ3) is 3.80. The van der Waals surface area contributed by atoms with Crippen LogP contribution in [0.25, 0.3) is 10.1 Å². The molecular formula is C18H17FN2O3S. The van der Waals surface area contributed by atoms with Crippen molar-refractivity contribution < 1.29 is 18.7 Å². The highest BCUT2D eigenvalue weighted by molar-refractivity contribution is 7.20. The fraction of sp³-hybridized carbons (Fsp3) is 0.389. The van der Waals surface area contributed by atoms with Gasteiger partial charge >= 0.3 is 5.97 Å². The van der Waals surface area contributed by atoms with Gasteiger partial charge in [0.25, 0.3) is 5.91 Å². The van der Waals surface area contributed by atoms with E-state index in [0.717, 1.165) is 30.6 Å². The number of ether oxygens (including phenoxy) is 1. The van der Waals surface area contributed by atoms with E-state index in [2.05, 4.69) is 11.4 Å². The molecule has 1 aromatic heterocycles. The van der Waals surface area contributed by atoms with Gasteiger partial charge < -0.3 is 10.1 Å². The number of hydrogen-bond donors (Lipinski definition) is 1. The molecule has 1 fully saturated rings. The average Bonchev–Trinajstić information content (AvgIpc) is 3.06. The molecule has 7 heteroatoms. The lowest BCUT2D eigenvalue weighted by Crippen LogP contribution is -2.50. The summed E-state index contributed by atoms with van der Waals surface area (Å²) in [6, 6.07) is 8.21. The third-order valence-corrected chi connectivity index (χ3v) is 5.42. The maximum Gasteiger partial charge on any atom is 0.348 e.